The number of hydrogen-bond acceptors (Lipinski definition) is 3. The molecule has 1 atom stereocenters. The Morgan fingerprint density at radius 3 is 2.42 bits per heavy atom. The summed E-state index contributed by atoms with van der Waals surface area (Å²) in [4.78, 5) is 0. The average molecular weight is 347 g/mol. The summed E-state index contributed by atoms with van der Waals surface area (Å²) in [6.07, 6.45) is 1.26. The Bertz CT molecular complexity index is 481. The minimum Gasteiger partial charge on any atom is -0.381 e. The van der Waals surface area contributed by atoms with Gasteiger partial charge in [-0.2, -0.15) is 0 Å². The van der Waals surface area contributed by atoms with Gasteiger partial charge in [0.2, 0.25) is 0 Å². The van der Waals surface area contributed by atoms with Crippen LogP contribution in [0.3, 0.4) is 0 Å². The first-order valence-corrected chi connectivity index (χ1v) is 9.37. The van der Waals surface area contributed by atoms with Crippen LogP contribution < -0.4 is 0 Å². The number of rotatable bonds is 5. The molecular weight excluding hydrogens is 328 g/mol. The molecule has 0 aromatic heterocycles. The molecule has 5 heteroatoms. The van der Waals surface area contributed by atoms with Gasteiger partial charge in [-0.1, -0.05) is 46.3 Å². The Labute approximate surface area is 123 Å². The van der Waals surface area contributed by atoms with Crippen molar-refractivity contribution in [2.24, 2.45) is 0 Å². The van der Waals surface area contributed by atoms with Crippen LogP contribution in [0.5, 0.6) is 0 Å². The molecule has 0 N–H and O–H groups in total. The molecule has 1 aromatic rings. The fourth-order valence-corrected chi connectivity index (χ4v) is 5.37. The molecule has 1 aliphatic heterocycles. The lowest BCUT2D eigenvalue weighted by molar-refractivity contribution is 0.0983. The van der Waals surface area contributed by atoms with Crippen LogP contribution in [0.2, 0.25) is 0 Å². The number of ether oxygens (including phenoxy) is 1. The molecule has 1 fully saturated rings. The summed E-state index contributed by atoms with van der Waals surface area (Å²) in [6, 6.07) is 9.83. The monoisotopic (exact) mass is 346 g/mol. The summed E-state index contributed by atoms with van der Waals surface area (Å²) >= 11 is 3.44. The second-order valence-corrected chi connectivity index (χ2v) is 7.88. The highest BCUT2D eigenvalue weighted by Crippen LogP contribution is 2.25. The van der Waals surface area contributed by atoms with Gasteiger partial charge in [0.05, 0.1) is 11.0 Å². The second kappa shape index (κ2) is 6.86. The molecule has 0 aliphatic carbocycles. The summed E-state index contributed by atoms with van der Waals surface area (Å²) in [5, 5.41) is 0.436. The van der Waals surface area contributed by atoms with Crippen molar-refractivity contribution >= 4 is 25.8 Å². The van der Waals surface area contributed by atoms with Gasteiger partial charge < -0.3 is 4.74 Å². The highest BCUT2D eigenvalue weighted by atomic mass is 79.9. The van der Waals surface area contributed by atoms with Crippen molar-refractivity contribution in [1.82, 2.24) is 0 Å². The fourth-order valence-electron chi connectivity index (χ4n) is 2.41. The Balaban J connectivity index is 2.09. The van der Waals surface area contributed by atoms with Gasteiger partial charge in [-0.05, 0) is 18.4 Å². The summed E-state index contributed by atoms with van der Waals surface area (Å²) in [5.41, 5.74) is 1.08. The van der Waals surface area contributed by atoms with Crippen LogP contribution in [0.1, 0.15) is 24.3 Å². The van der Waals surface area contributed by atoms with Crippen molar-refractivity contribution in [2.75, 3.05) is 24.3 Å². The minimum atomic E-state index is -3.05. The number of sulfone groups is 1. The van der Waals surface area contributed by atoms with E-state index in [2.05, 4.69) is 15.9 Å². The lowest BCUT2D eigenvalue weighted by Crippen LogP contribution is -2.32. The molecule has 1 aromatic carbocycles. The van der Waals surface area contributed by atoms with Crippen molar-refractivity contribution in [3.63, 3.8) is 0 Å². The van der Waals surface area contributed by atoms with Crippen LogP contribution in [0.4, 0.5) is 0 Å². The molecule has 2 rings (SSSR count). The number of halogens is 1. The van der Waals surface area contributed by atoms with Crippen molar-refractivity contribution in [1.29, 1.82) is 0 Å². The molecular formula is C14H19BrO3S. The third-order valence-corrected chi connectivity index (χ3v) is 6.70. The molecule has 0 amide bonds. The van der Waals surface area contributed by atoms with Crippen molar-refractivity contribution in [3.8, 4) is 0 Å². The number of hydrogen-bond donors (Lipinski definition) is 0. The topological polar surface area (TPSA) is 43.4 Å². The highest BCUT2D eigenvalue weighted by molar-refractivity contribution is 9.09. The Morgan fingerprint density at radius 1 is 1.21 bits per heavy atom. The zero-order valence-electron chi connectivity index (χ0n) is 10.8. The summed E-state index contributed by atoms with van der Waals surface area (Å²) in [5.74, 6) is 0.237. The molecule has 0 bridgehead atoms. The van der Waals surface area contributed by atoms with Crippen LogP contribution in [0, 0.1) is 0 Å². The van der Waals surface area contributed by atoms with E-state index in [9.17, 15) is 8.42 Å². The summed E-state index contributed by atoms with van der Waals surface area (Å²) < 4.78 is 30.1. The molecule has 1 heterocycles. The fraction of sp³-hybridized carbons (Fsp3) is 0.571. The van der Waals surface area contributed by atoms with Gasteiger partial charge in [0.1, 0.15) is 0 Å². The lowest BCUT2D eigenvalue weighted by Gasteiger charge is -2.24. The van der Waals surface area contributed by atoms with E-state index in [0.29, 0.717) is 31.4 Å². The third-order valence-electron chi connectivity index (χ3n) is 3.57. The first-order valence-electron chi connectivity index (χ1n) is 6.53. The SMILES string of the molecule is O=S(=O)(CC(CBr)c1ccccc1)C1CCOCC1. The van der Waals surface area contributed by atoms with E-state index in [1.165, 1.54) is 0 Å². The first kappa shape index (κ1) is 15.0. The smallest absolute Gasteiger partial charge is 0.153 e. The third kappa shape index (κ3) is 4.04. The standard InChI is InChI=1S/C14H19BrO3S/c15-10-13(12-4-2-1-3-5-12)11-19(16,17)14-6-8-18-9-7-14/h1-5,13-14H,6-11H2. The summed E-state index contributed by atoms with van der Waals surface area (Å²) in [7, 11) is -3.05. The van der Waals surface area contributed by atoms with Crippen molar-refractivity contribution in [2.45, 2.75) is 24.0 Å². The largest absolute Gasteiger partial charge is 0.381 e. The van der Waals surface area contributed by atoms with Gasteiger partial charge >= 0.3 is 0 Å². The van der Waals surface area contributed by atoms with Gasteiger partial charge in [-0.25, -0.2) is 8.42 Å². The van der Waals surface area contributed by atoms with Crippen molar-refractivity contribution < 1.29 is 13.2 Å². The second-order valence-electron chi connectivity index (χ2n) is 4.90. The zero-order chi connectivity index (χ0) is 13.7. The maximum Gasteiger partial charge on any atom is 0.153 e. The zero-order valence-corrected chi connectivity index (χ0v) is 13.2. The van der Waals surface area contributed by atoms with Gasteiger partial charge in [-0.15, -0.1) is 0 Å². The average Bonchev–Trinajstić information content (AvgIpc) is 2.47. The highest BCUT2D eigenvalue weighted by Gasteiger charge is 2.30. The lowest BCUT2D eigenvalue weighted by atomic mass is 10.0. The van der Waals surface area contributed by atoms with Crippen LogP contribution in [-0.4, -0.2) is 38.0 Å². The van der Waals surface area contributed by atoms with E-state index in [1.54, 1.807) is 0 Å². The van der Waals surface area contributed by atoms with Crippen LogP contribution >= 0.6 is 15.9 Å². The Kier molecular flexibility index (Phi) is 5.42. The van der Waals surface area contributed by atoms with Gasteiger partial charge in [0.15, 0.2) is 9.84 Å². The van der Waals surface area contributed by atoms with Gasteiger partial charge in [0, 0.05) is 24.5 Å². The number of alkyl halides is 1. The molecule has 0 radical (unpaired) electrons. The molecule has 19 heavy (non-hydrogen) atoms. The number of benzene rings is 1. The summed E-state index contributed by atoms with van der Waals surface area (Å²) in [6.45, 7) is 1.13. The molecule has 3 nitrogen and oxygen atoms in total. The van der Waals surface area contributed by atoms with Crippen molar-refractivity contribution in [3.05, 3.63) is 35.9 Å². The molecule has 1 unspecified atom stereocenters. The van der Waals surface area contributed by atoms with E-state index in [-0.39, 0.29) is 16.9 Å². The molecule has 0 saturated carbocycles. The quantitative estimate of drug-likeness (QED) is 0.770. The molecule has 0 spiro atoms. The van der Waals surface area contributed by atoms with E-state index in [4.69, 9.17) is 4.74 Å². The minimum absolute atomic E-state index is 0.0223. The first-order chi connectivity index (χ1) is 9.13. The molecule has 106 valence electrons. The van der Waals surface area contributed by atoms with E-state index in [0.717, 1.165) is 5.56 Å². The van der Waals surface area contributed by atoms with Crippen LogP contribution in [-0.2, 0) is 14.6 Å². The maximum atomic E-state index is 12.5. The predicted molar refractivity (Wildman–Crippen MR) is 80.6 cm³/mol. The van der Waals surface area contributed by atoms with E-state index < -0.39 is 9.84 Å². The maximum absolute atomic E-state index is 12.5. The normalized spacial score (nSPS) is 19.2. The Hall–Kier alpha value is -0.390. The predicted octanol–water partition coefficient (Wildman–Crippen LogP) is 2.76. The molecule has 1 saturated heterocycles. The van der Waals surface area contributed by atoms with Gasteiger partial charge in [-0.3, -0.25) is 0 Å². The van der Waals surface area contributed by atoms with Gasteiger partial charge in [0.25, 0.3) is 0 Å². The Morgan fingerprint density at radius 2 is 1.84 bits per heavy atom. The molecule has 1 aliphatic rings. The van der Waals surface area contributed by atoms with Crippen LogP contribution in [0.25, 0.3) is 0 Å². The van der Waals surface area contributed by atoms with E-state index in [1.807, 2.05) is 30.3 Å². The van der Waals surface area contributed by atoms with E-state index >= 15 is 0 Å². The van der Waals surface area contributed by atoms with Crippen LogP contribution in [0.15, 0.2) is 30.3 Å².